The van der Waals surface area contributed by atoms with Gasteiger partial charge in [0.15, 0.2) is 0 Å². The van der Waals surface area contributed by atoms with Crippen LogP contribution >= 0.6 is 11.8 Å². The molecule has 1 aromatic carbocycles. The van der Waals surface area contributed by atoms with Gasteiger partial charge in [-0.1, -0.05) is 12.1 Å². The fourth-order valence-electron chi connectivity index (χ4n) is 2.07. The Morgan fingerprint density at radius 2 is 2.17 bits per heavy atom. The van der Waals surface area contributed by atoms with Crippen molar-refractivity contribution in [2.45, 2.75) is 36.8 Å². The van der Waals surface area contributed by atoms with Crippen molar-refractivity contribution in [2.24, 2.45) is 0 Å². The highest BCUT2D eigenvalue weighted by Gasteiger charge is 2.24. The van der Waals surface area contributed by atoms with Gasteiger partial charge in [-0.05, 0) is 43.7 Å². The van der Waals surface area contributed by atoms with Gasteiger partial charge in [0.05, 0.1) is 6.04 Å². The molecule has 1 aliphatic rings. The summed E-state index contributed by atoms with van der Waals surface area (Å²) < 4.78 is 5.37. The standard InChI is InChI=1S/C14H19NO2S/c1-10(11-5-7-12(18-2)8-6-11)15-14(16)13-4-3-9-17-13/h5-8,10,13H,3-4,9H2,1-2H3,(H,15,16)/t10-,13-/m0/s1. The lowest BCUT2D eigenvalue weighted by Gasteiger charge is -2.17. The highest BCUT2D eigenvalue weighted by atomic mass is 32.2. The molecular formula is C14H19NO2S. The minimum absolute atomic E-state index is 0.00828. The summed E-state index contributed by atoms with van der Waals surface area (Å²) in [5.74, 6) is 0.00828. The monoisotopic (exact) mass is 265 g/mol. The van der Waals surface area contributed by atoms with Crippen LogP contribution in [0.15, 0.2) is 29.2 Å². The SMILES string of the molecule is CSc1ccc([C@H](C)NC(=O)[C@@H]2CCCO2)cc1. The van der Waals surface area contributed by atoms with Crippen molar-refractivity contribution in [3.05, 3.63) is 29.8 Å². The molecule has 1 heterocycles. The van der Waals surface area contributed by atoms with Gasteiger partial charge in [-0.15, -0.1) is 11.8 Å². The molecule has 0 aliphatic carbocycles. The Balaban J connectivity index is 1.93. The van der Waals surface area contributed by atoms with Crippen molar-refractivity contribution >= 4 is 17.7 Å². The third-order valence-electron chi connectivity index (χ3n) is 3.20. The zero-order valence-electron chi connectivity index (χ0n) is 10.8. The van der Waals surface area contributed by atoms with Crippen LogP contribution in [-0.2, 0) is 9.53 Å². The summed E-state index contributed by atoms with van der Waals surface area (Å²) in [5.41, 5.74) is 1.12. The number of benzene rings is 1. The molecule has 2 rings (SSSR count). The Morgan fingerprint density at radius 3 is 2.72 bits per heavy atom. The quantitative estimate of drug-likeness (QED) is 0.851. The van der Waals surface area contributed by atoms with Gasteiger partial charge in [-0.2, -0.15) is 0 Å². The van der Waals surface area contributed by atoms with Gasteiger partial charge in [0.25, 0.3) is 0 Å². The second-order valence-corrected chi connectivity index (χ2v) is 5.38. The zero-order chi connectivity index (χ0) is 13.0. The number of thioether (sulfide) groups is 1. The van der Waals surface area contributed by atoms with Crippen molar-refractivity contribution in [1.82, 2.24) is 5.32 Å². The molecule has 0 radical (unpaired) electrons. The molecule has 1 aliphatic heterocycles. The lowest BCUT2D eigenvalue weighted by atomic mass is 10.1. The fourth-order valence-corrected chi connectivity index (χ4v) is 2.47. The van der Waals surface area contributed by atoms with E-state index in [1.54, 1.807) is 11.8 Å². The van der Waals surface area contributed by atoms with E-state index in [9.17, 15) is 4.79 Å². The van der Waals surface area contributed by atoms with E-state index in [0.29, 0.717) is 6.61 Å². The molecule has 1 aromatic rings. The maximum atomic E-state index is 11.9. The molecule has 1 amide bonds. The molecule has 0 spiro atoms. The maximum absolute atomic E-state index is 11.9. The van der Waals surface area contributed by atoms with Crippen LogP contribution in [0.3, 0.4) is 0 Å². The number of rotatable bonds is 4. The maximum Gasteiger partial charge on any atom is 0.249 e. The lowest BCUT2D eigenvalue weighted by molar-refractivity contribution is -0.130. The number of nitrogens with one attached hydrogen (secondary N) is 1. The van der Waals surface area contributed by atoms with E-state index in [-0.39, 0.29) is 18.1 Å². The van der Waals surface area contributed by atoms with Crippen molar-refractivity contribution in [1.29, 1.82) is 0 Å². The van der Waals surface area contributed by atoms with Gasteiger partial charge in [0.2, 0.25) is 5.91 Å². The molecule has 98 valence electrons. The highest BCUT2D eigenvalue weighted by Crippen LogP contribution is 2.20. The topological polar surface area (TPSA) is 38.3 Å². The Kier molecular flexibility index (Phi) is 4.66. The Labute approximate surface area is 112 Å². The van der Waals surface area contributed by atoms with Gasteiger partial charge in [0, 0.05) is 11.5 Å². The molecule has 1 fully saturated rings. The molecule has 1 N–H and O–H groups in total. The molecule has 18 heavy (non-hydrogen) atoms. The average Bonchev–Trinajstić information content (AvgIpc) is 2.92. The van der Waals surface area contributed by atoms with E-state index in [2.05, 4.69) is 35.8 Å². The molecule has 4 heteroatoms. The average molecular weight is 265 g/mol. The third-order valence-corrected chi connectivity index (χ3v) is 3.94. The van der Waals surface area contributed by atoms with Crippen molar-refractivity contribution in [3.63, 3.8) is 0 Å². The van der Waals surface area contributed by atoms with Gasteiger partial charge in [-0.3, -0.25) is 4.79 Å². The van der Waals surface area contributed by atoms with Crippen LogP contribution in [-0.4, -0.2) is 24.9 Å². The summed E-state index contributed by atoms with van der Waals surface area (Å²) in [4.78, 5) is 13.1. The Morgan fingerprint density at radius 1 is 1.44 bits per heavy atom. The predicted octanol–water partition coefficient (Wildman–Crippen LogP) is 2.76. The summed E-state index contributed by atoms with van der Waals surface area (Å²) in [6.07, 6.45) is 3.62. The van der Waals surface area contributed by atoms with E-state index in [1.165, 1.54) is 4.90 Å². The van der Waals surface area contributed by atoms with Gasteiger partial charge in [-0.25, -0.2) is 0 Å². The molecule has 0 saturated carbocycles. The molecule has 0 aromatic heterocycles. The molecule has 2 atom stereocenters. The molecule has 0 unspecified atom stereocenters. The predicted molar refractivity (Wildman–Crippen MR) is 73.8 cm³/mol. The second kappa shape index (κ2) is 6.25. The minimum Gasteiger partial charge on any atom is -0.368 e. The van der Waals surface area contributed by atoms with Crippen molar-refractivity contribution < 1.29 is 9.53 Å². The lowest BCUT2D eigenvalue weighted by Crippen LogP contribution is -2.35. The van der Waals surface area contributed by atoms with E-state index in [1.807, 2.05) is 6.92 Å². The van der Waals surface area contributed by atoms with Crippen LogP contribution in [0.2, 0.25) is 0 Å². The second-order valence-electron chi connectivity index (χ2n) is 4.51. The van der Waals surface area contributed by atoms with Crippen LogP contribution in [0.5, 0.6) is 0 Å². The molecular weight excluding hydrogens is 246 g/mol. The van der Waals surface area contributed by atoms with Crippen LogP contribution < -0.4 is 5.32 Å². The minimum atomic E-state index is -0.252. The Hall–Kier alpha value is -1.00. The Bertz CT molecular complexity index is 399. The van der Waals surface area contributed by atoms with Crippen LogP contribution in [0.25, 0.3) is 0 Å². The molecule has 1 saturated heterocycles. The van der Waals surface area contributed by atoms with Crippen LogP contribution in [0.1, 0.15) is 31.4 Å². The van der Waals surface area contributed by atoms with Crippen molar-refractivity contribution in [3.8, 4) is 0 Å². The van der Waals surface area contributed by atoms with Gasteiger partial charge >= 0.3 is 0 Å². The van der Waals surface area contributed by atoms with Gasteiger partial charge < -0.3 is 10.1 Å². The summed E-state index contributed by atoms with van der Waals surface area (Å²) in [6, 6.07) is 8.31. The van der Waals surface area contributed by atoms with E-state index < -0.39 is 0 Å². The first-order chi connectivity index (χ1) is 8.70. The highest BCUT2D eigenvalue weighted by molar-refractivity contribution is 7.98. The largest absolute Gasteiger partial charge is 0.368 e. The first-order valence-corrected chi connectivity index (χ1v) is 7.49. The van der Waals surface area contributed by atoms with E-state index in [4.69, 9.17) is 4.74 Å². The zero-order valence-corrected chi connectivity index (χ0v) is 11.6. The number of carbonyl (C=O) groups is 1. The van der Waals surface area contributed by atoms with E-state index in [0.717, 1.165) is 18.4 Å². The third kappa shape index (κ3) is 3.27. The number of amides is 1. The summed E-state index contributed by atoms with van der Waals surface area (Å²) in [5, 5.41) is 3.00. The van der Waals surface area contributed by atoms with Crippen LogP contribution in [0, 0.1) is 0 Å². The number of carbonyl (C=O) groups excluding carboxylic acids is 1. The summed E-state index contributed by atoms with van der Waals surface area (Å²) >= 11 is 1.72. The summed E-state index contributed by atoms with van der Waals surface area (Å²) in [6.45, 7) is 2.70. The molecule has 3 nitrogen and oxygen atoms in total. The first kappa shape index (κ1) is 13.4. The number of hydrogen-bond acceptors (Lipinski definition) is 3. The smallest absolute Gasteiger partial charge is 0.249 e. The molecule has 0 bridgehead atoms. The normalized spacial score (nSPS) is 20.7. The fraction of sp³-hybridized carbons (Fsp3) is 0.500. The summed E-state index contributed by atoms with van der Waals surface area (Å²) in [7, 11) is 0. The van der Waals surface area contributed by atoms with E-state index >= 15 is 0 Å². The van der Waals surface area contributed by atoms with Crippen LogP contribution in [0.4, 0.5) is 0 Å². The number of hydrogen-bond donors (Lipinski definition) is 1. The number of ether oxygens (including phenoxy) is 1. The van der Waals surface area contributed by atoms with Gasteiger partial charge in [0.1, 0.15) is 6.10 Å². The first-order valence-electron chi connectivity index (χ1n) is 6.26. The van der Waals surface area contributed by atoms with Crippen molar-refractivity contribution in [2.75, 3.05) is 12.9 Å².